The highest BCUT2D eigenvalue weighted by atomic mass is 16.5. The minimum Gasteiger partial charge on any atom is -0.469 e. The van der Waals surface area contributed by atoms with Crippen molar-refractivity contribution in [3.63, 3.8) is 0 Å². The van der Waals surface area contributed by atoms with Crippen LogP contribution in [0.5, 0.6) is 0 Å². The Labute approximate surface area is 175 Å². The molecule has 4 nitrogen and oxygen atoms in total. The van der Waals surface area contributed by atoms with Gasteiger partial charge < -0.3 is 4.74 Å². The van der Waals surface area contributed by atoms with Crippen LogP contribution in [0.4, 0.5) is 0 Å². The van der Waals surface area contributed by atoms with Gasteiger partial charge in [-0.2, -0.15) is 0 Å². The van der Waals surface area contributed by atoms with Crippen molar-refractivity contribution in [2.45, 2.75) is 85.0 Å². The Morgan fingerprint density at radius 2 is 1.86 bits per heavy atom. The lowest BCUT2D eigenvalue weighted by Crippen LogP contribution is -2.57. The molecule has 0 N–H and O–H groups in total. The van der Waals surface area contributed by atoms with Gasteiger partial charge in [-0.3, -0.25) is 14.4 Å². The molecular formula is C25H38O4. The third-order valence-corrected chi connectivity index (χ3v) is 10.1. The quantitative estimate of drug-likeness (QED) is 0.622. The van der Waals surface area contributed by atoms with E-state index in [0.29, 0.717) is 66.3 Å². The molecule has 4 saturated carbocycles. The minimum absolute atomic E-state index is 0.148. The van der Waals surface area contributed by atoms with Crippen molar-refractivity contribution < 1.29 is 19.1 Å². The zero-order valence-corrected chi connectivity index (χ0v) is 18.7. The molecule has 0 unspecified atom stereocenters. The number of methoxy groups -OCH3 is 1. The number of carbonyl (C=O) groups excluding carboxylic acids is 3. The smallest absolute Gasteiger partial charge is 0.305 e. The molecule has 0 aromatic heterocycles. The molecule has 0 aromatic carbocycles. The minimum atomic E-state index is -0.232. The molecule has 0 radical (unpaired) electrons. The number of Topliss-reactive ketones (excluding diaryl/α,β-unsaturated/α-hetero) is 2. The van der Waals surface area contributed by atoms with E-state index in [-0.39, 0.29) is 16.8 Å². The van der Waals surface area contributed by atoms with Crippen molar-refractivity contribution in [3.05, 3.63) is 0 Å². The van der Waals surface area contributed by atoms with Crippen LogP contribution in [0.2, 0.25) is 0 Å². The lowest BCUT2D eigenvalue weighted by atomic mass is 9.44. The Hall–Kier alpha value is -1.19. The molecule has 162 valence electrons. The van der Waals surface area contributed by atoms with Crippen LogP contribution in [0, 0.1) is 46.3 Å². The fourth-order valence-corrected chi connectivity index (χ4v) is 8.34. The molecular weight excluding hydrogens is 364 g/mol. The molecule has 4 fully saturated rings. The van der Waals surface area contributed by atoms with Gasteiger partial charge in [-0.1, -0.05) is 20.8 Å². The standard InChI is InChI=1S/C25H38O4/c1-15(5-10-23(28)29-4)19-8-9-20-18-7-6-16-13-17(26)11-12-24(16,2)21(18)14-22(27)25(19,20)3/h15-16,18-21H,5-14H2,1-4H3/t15-,16+,18-,19+,20+,21-,24-,25+/m0/s1. The molecule has 0 amide bonds. The highest BCUT2D eigenvalue weighted by Gasteiger charge is 2.63. The molecule has 0 heterocycles. The van der Waals surface area contributed by atoms with Crippen LogP contribution in [-0.2, 0) is 19.1 Å². The normalized spacial score (nSPS) is 45.2. The maximum absolute atomic E-state index is 13.7. The van der Waals surface area contributed by atoms with Crippen LogP contribution in [0.3, 0.4) is 0 Å². The molecule has 0 spiro atoms. The fraction of sp³-hybridized carbons (Fsp3) is 0.880. The third kappa shape index (κ3) is 3.20. The Morgan fingerprint density at radius 1 is 1.10 bits per heavy atom. The molecule has 0 aromatic rings. The molecule has 8 atom stereocenters. The zero-order valence-electron chi connectivity index (χ0n) is 18.7. The van der Waals surface area contributed by atoms with E-state index < -0.39 is 0 Å². The summed E-state index contributed by atoms with van der Waals surface area (Å²) in [5.41, 5.74) is -0.0627. The van der Waals surface area contributed by atoms with Crippen LogP contribution < -0.4 is 0 Å². The first-order valence-electron chi connectivity index (χ1n) is 11.8. The van der Waals surface area contributed by atoms with Crippen LogP contribution in [0.25, 0.3) is 0 Å². The summed E-state index contributed by atoms with van der Waals surface area (Å²) < 4.78 is 4.83. The van der Waals surface area contributed by atoms with Gasteiger partial charge >= 0.3 is 5.97 Å². The Balaban J connectivity index is 1.55. The number of ether oxygens (including phenoxy) is 1. The predicted molar refractivity (Wildman–Crippen MR) is 111 cm³/mol. The van der Waals surface area contributed by atoms with E-state index in [1.54, 1.807) is 0 Å². The van der Waals surface area contributed by atoms with E-state index in [9.17, 15) is 14.4 Å². The van der Waals surface area contributed by atoms with E-state index in [1.165, 1.54) is 13.5 Å². The zero-order chi connectivity index (χ0) is 21.0. The molecule has 0 bridgehead atoms. The molecule has 4 aliphatic rings. The number of esters is 1. The van der Waals surface area contributed by atoms with Gasteiger partial charge in [0.15, 0.2) is 0 Å². The lowest BCUT2D eigenvalue weighted by Gasteiger charge is -2.59. The van der Waals surface area contributed by atoms with Crippen LogP contribution in [-0.4, -0.2) is 24.6 Å². The summed E-state index contributed by atoms with van der Waals surface area (Å²) in [5.74, 6) is 3.55. The van der Waals surface area contributed by atoms with E-state index in [2.05, 4.69) is 20.8 Å². The van der Waals surface area contributed by atoms with Gasteiger partial charge in [0.25, 0.3) is 0 Å². The number of rotatable bonds is 4. The predicted octanol–water partition coefficient (Wildman–Crippen LogP) is 4.98. The van der Waals surface area contributed by atoms with E-state index in [0.717, 1.165) is 38.5 Å². The van der Waals surface area contributed by atoms with Gasteiger partial charge in [-0.25, -0.2) is 0 Å². The Morgan fingerprint density at radius 3 is 2.59 bits per heavy atom. The first-order chi connectivity index (χ1) is 13.7. The summed E-state index contributed by atoms with van der Waals surface area (Å²) in [4.78, 5) is 37.4. The van der Waals surface area contributed by atoms with E-state index in [1.807, 2.05) is 0 Å². The number of hydrogen-bond donors (Lipinski definition) is 0. The monoisotopic (exact) mass is 402 g/mol. The van der Waals surface area contributed by atoms with Gasteiger partial charge in [-0.15, -0.1) is 0 Å². The third-order valence-electron chi connectivity index (χ3n) is 10.1. The van der Waals surface area contributed by atoms with Crippen LogP contribution in [0.15, 0.2) is 0 Å². The Bertz CT molecular complexity index is 699. The molecule has 29 heavy (non-hydrogen) atoms. The largest absolute Gasteiger partial charge is 0.469 e. The van der Waals surface area contributed by atoms with Crippen molar-refractivity contribution in [2.75, 3.05) is 7.11 Å². The second-order valence-electron chi connectivity index (χ2n) is 11.1. The highest BCUT2D eigenvalue weighted by Crippen LogP contribution is 2.67. The molecule has 4 heteroatoms. The van der Waals surface area contributed by atoms with Crippen LogP contribution >= 0.6 is 0 Å². The summed E-state index contributed by atoms with van der Waals surface area (Å²) in [6.45, 7) is 6.87. The van der Waals surface area contributed by atoms with Gasteiger partial charge in [0.1, 0.15) is 11.6 Å². The second kappa shape index (κ2) is 7.50. The van der Waals surface area contributed by atoms with Gasteiger partial charge in [-0.05, 0) is 79.4 Å². The lowest BCUT2D eigenvalue weighted by molar-refractivity contribution is -0.159. The Kier molecular flexibility index (Phi) is 5.44. The number of ketones is 2. The van der Waals surface area contributed by atoms with Crippen molar-refractivity contribution in [1.82, 2.24) is 0 Å². The summed E-state index contributed by atoms with van der Waals surface area (Å²) in [5, 5.41) is 0. The maximum atomic E-state index is 13.7. The number of carbonyl (C=O) groups is 3. The van der Waals surface area contributed by atoms with Crippen LogP contribution in [0.1, 0.15) is 85.0 Å². The first-order valence-corrected chi connectivity index (χ1v) is 11.8. The fourth-order valence-electron chi connectivity index (χ4n) is 8.34. The molecule has 4 rings (SSSR count). The summed E-state index contributed by atoms with van der Waals surface area (Å²) in [6, 6.07) is 0. The van der Waals surface area contributed by atoms with Crippen molar-refractivity contribution in [3.8, 4) is 0 Å². The number of fused-ring (bicyclic) bond motifs is 5. The second-order valence-corrected chi connectivity index (χ2v) is 11.1. The SMILES string of the molecule is COC(=O)CC[C@H](C)[C@H]1CC[C@@H]2[C@@H]3CC[C@@H]4CC(=O)CC[C@]4(C)[C@H]3CC(=O)[C@@]21C. The molecule has 0 saturated heterocycles. The average Bonchev–Trinajstić information content (AvgIpc) is 3.06. The van der Waals surface area contributed by atoms with Crippen molar-refractivity contribution >= 4 is 17.5 Å². The first kappa shape index (κ1) is 21.1. The van der Waals surface area contributed by atoms with E-state index in [4.69, 9.17) is 4.74 Å². The molecule has 0 aliphatic heterocycles. The van der Waals surface area contributed by atoms with Gasteiger partial charge in [0.2, 0.25) is 0 Å². The maximum Gasteiger partial charge on any atom is 0.305 e. The molecule has 4 aliphatic carbocycles. The average molecular weight is 403 g/mol. The van der Waals surface area contributed by atoms with E-state index >= 15 is 0 Å². The van der Waals surface area contributed by atoms with Gasteiger partial charge in [0.05, 0.1) is 7.11 Å². The highest BCUT2D eigenvalue weighted by molar-refractivity contribution is 5.87. The van der Waals surface area contributed by atoms with Gasteiger partial charge in [0, 0.05) is 31.1 Å². The summed E-state index contributed by atoms with van der Waals surface area (Å²) in [7, 11) is 1.44. The van der Waals surface area contributed by atoms with Crippen molar-refractivity contribution in [2.24, 2.45) is 46.3 Å². The van der Waals surface area contributed by atoms with Crippen molar-refractivity contribution in [1.29, 1.82) is 0 Å². The summed E-state index contributed by atoms with van der Waals surface area (Å²) >= 11 is 0. The summed E-state index contributed by atoms with van der Waals surface area (Å²) in [6.07, 6.45) is 9.00. The topological polar surface area (TPSA) is 60.4 Å². The number of hydrogen-bond acceptors (Lipinski definition) is 4.